The van der Waals surface area contributed by atoms with Crippen LogP contribution in [0.5, 0.6) is 0 Å². The standard InChI is InChI=1S/C26H28FNO2/c1-26(2)13-12-24(28(3)20-9-10-20)21-11-7-17(14-22(21)26)4-5-18-6-8-19(16-25(29)30)23(27)15-18/h6-8,11,14-15,20,24H,9-10,12-13,16H2,1-3H3,(H,29,30). The summed E-state index contributed by atoms with van der Waals surface area (Å²) in [5.41, 5.74) is 4.53. The molecule has 0 spiro atoms. The van der Waals surface area contributed by atoms with E-state index in [1.54, 1.807) is 6.07 Å². The zero-order valence-electron chi connectivity index (χ0n) is 17.8. The molecule has 0 radical (unpaired) electrons. The Labute approximate surface area is 177 Å². The monoisotopic (exact) mass is 405 g/mol. The first kappa shape index (κ1) is 20.6. The summed E-state index contributed by atoms with van der Waals surface area (Å²) < 4.78 is 14.1. The van der Waals surface area contributed by atoms with Gasteiger partial charge >= 0.3 is 5.97 Å². The zero-order valence-corrected chi connectivity index (χ0v) is 17.8. The molecule has 30 heavy (non-hydrogen) atoms. The van der Waals surface area contributed by atoms with Crippen LogP contribution < -0.4 is 0 Å². The number of rotatable bonds is 4. The fourth-order valence-electron chi connectivity index (χ4n) is 4.53. The third-order valence-corrected chi connectivity index (χ3v) is 6.54. The number of fused-ring (bicyclic) bond motifs is 1. The lowest BCUT2D eigenvalue weighted by Gasteiger charge is -2.41. The fourth-order valence-corrected chi connectivity index (χ4v) is 4.53. The second-order valence-electron chi connectivity index (χ2n) is 9.26. The molecule has 156 valence electrons. The molecule has 0 bridgehead atoms. The molecule has 3 nitrogen and oxygen atoms in total. The van der Waals surface area contributed by atoms with Crippen molar-refractivity contribution < 1.29 is 14.3 Å². The van der Waals surface area contributed by atoms with E-state index in [2.05, 4.69) is 55.8 Å². The van der Waals surface area contributed by atoms with Crippen LogP contribution in [-0.4, -0.2) is 29.1 Å². The maximum absolute atomic E-state index is 14.1. The number of hydrogen-bond acceptors (Lipinski definition) is 2. The van der Waals surface area contributed by atoms with Gasteiger partial charge in [0, 0.05) is 23.2 Å². The average molecular weight is 406 g/mol. The molecular weight excluding hydrogens is 377 g/mol. The molecule has 2 aromatic carbocycles. The minimum atomic E-state index is -1.05. The highest BCUT2D eigenvalue weighted by molar-refractivity contribution is 5.70. The molecule has 0 aromatic heterocycles. The van der Waals surface area contributed by atoms with Gasteiger partial charge in [0.05, 0.1) is 6.42 Å². The van der Waals surface area contributed by atoms with Crippen LogP contribution in [0, 0.1) is 17.7 Å². The van der Waals surface area contributed by atoms with Crippen LogP contribution in [0.25, 0.3) is 0 Å². The van der Waals surface area contributed by atoms with Crippen molar-refractivity contribution in [3.8, 4) is 11.8 Å². The summed E-state index contributed by atoms with van der Waals surface area (Å²) in [7, 11) is 2.25. The Bertz CT molecular complexity index is 1040. The summed E-state index contributed by atoms with van der Waals surface area (Å²) in [6.45, 7) is 4.60. The van der Waals surface area contributed by atoms with Crippen LogP contribution in [-0.2, 0) is 16.6 Å². The van der Waals surface area contributed by atoms with E-state index in [0.29, 0.717) is 11.6 Å². The summed E-state index contributed by atoms with van der Waals surface area (Å²) in [5.74, 6) is 4.63. The van der Waals surface area contributed by atoms with E-state index in [-0.39, 0.29) is 17.4 Å². The Hall–Kier alpha value is -2.64. The third kappa shape index (κ3) is 4.27. The van der Waals surface area contributed by atoms with Crippen molar-refractivity contribution in [1.29, 1.82) is 0 Å². The van der Waals surface area contributed by atoms with Crippen molar-refractivity contribution in [2.45, 2.75) is 63.5 Å². The topological polar surface area (TPSA) is 40.5 Å². The van der Waals surface area contributed by atoms with E-state index in [1.807, 2.05) is 0 Å². The average Bonchev–Trinajstić information content (AvgIpc) is 3.53. The number of carboxylic acids is 1. The normalized spacial score (nSPS) is 19.7. The Morgan fingerprint density at radius 3 is 2.43 bits per heavy atom. The van der Waals surface area contributed by atoms with Crippen molar-refractivity contribution >= 4 is 5.97 Å². The number of carboxylic acid groups (broad SMARTS) is 1. The SMILES string of the molecule is CN(C1CC1)C1CCC(C)(C)c2cc(C#Cc3ccc(CC(=O)O)c(F)c3)ccc21. The van der Waals surface area contributed by atoms with Gasteiger partial charge in [-0.1, -0.05) is 37.8 Å². The summed E-state index contributed by atoms with van der Waals surface area (Å²) in [5, 5.41) is 8.84. The Kier molecular flexibility index (Phi) is 5.42. The molecule has 2 aliphatic rings. The molecule has 2 aliphatic carbocycles. The second-order valence-corrected chi connectivity index (χ2v) is 9.26. The van der Waals surface area contributed by atoms with Crippen molar-refractivity contribution in [2.24, 2.45) is 0 Å². The fraction of sp³-hybridized carbons (Fsp3) is 0.423. The number of nitrogens with zero attached hydrogens (tertiary/aromatic N) is 1. The van der Waals surface area contributed by atoms with Crippen LogP contribution in [0.15, 0.2) is 36.4 Å². The van der Waals surface area contributed by atoms with Crippen molar-refractivity contribution in [2.75, 3.05) is 7.05 Å². The van der Waals surface area contributed by atoms with Crippen LogP contribution in [0.4, 0.5) is 4.39 Å². The van der Waals surface area contributed by atoms with E-state index in [1.165, 1.54) is 42.5 Å². The van der Waals surface area contributed by atoms with Crippen LogP contribution in [0.2, 0.25) is 0 Å². The summed E-state index contributed by atoms with van der Waals surface area (Å²) in [6, 6.07) is 12.2. The van der Waals surface area contributed by atoms with Gasteiger partial charge in [-0.05, 0) is 79.1 Å². The van der Waals surface area contributed by atoms with Gasteiger partial charge in [0.1, 0.15) is 5.82 Å². The Morgan fingerprint density at radius 1 is 1.13 bits per heavy atom. The highest BCUT2D eigenvalue weighted by Gasteiger charge is 2.38. The van der Waals surface area contributed by atoms with E-state index >= 15 is 0 Å². The first-order chi connectivity index (χ1) is 14.2. The van der Waals surface area contributed by atoms with Gasteiger partial charge in [0.25, 0.3) is 0 Å². The lowest BCUT2D eigenvalue weighted by atomic mass is 9.70. The molecule has 4 rings (SSSR count). The quantitative estimate of drug-likeness (QED) is 0.723. The molecule has 1 atom stereocenters. The second kappa shape index (κ2) is 7.89. The van der Waals surface area contributed by atoms with Gasteiger partial charge in [-0.2, -0.15) is 0 Å². The molecule has 4 heteroatoms. The van der Waals surface area contributed by atoms with E-state index < -0.39 is 11.8 Å². The first-order valence-electron chi connectivity index (χ1n) is 10.6. The van der Waals surface area contributed by atoms with Gasteiger partial charge < -0.3 is 5.11 Å². The van der Waals surface area contributed by atoms with E-state index in [9.17, 15) is 9.18 Å². The molecule has 0 saturated heterocycles. The van der Waals surface area contributed by atoms with Gasteiger partial charge in [-0.3, -0.25) is 9.69 Å². The smallest absolute Gasteiger partial charge is 0.307 e. The molecule has 1 saturated carbocycles. The maximum atomic E-state index is 14.1. The largest absolute Gasteiger partial charge is 0.481 e. The zero-order chi connectivity index (χ0) is 21.5. The summed E-state index contributed by atoms with van der Waals surface area (Å²) >= 11 is 0. The van der Waals surface area contributed by atoms with E-state index in [0.717, 1.165) is 18.0 Å². The highest BCUT2D eigenvalue weighted by Crippen LogP contribution is 2.46. The third-order valence-electron chi connectivity index (χ3n) is 6.54. The van der Waals surface area contributed by atoms with E-state index in [4.69, 9.17) is 5.11 Å². The van der Waals surface area contributed by atoms with Crippen molar-refractivity contribution in [3.05, 3.63) is 70.0 Å². The molecular formula is C26H28FNO2. The number of carbonyl (C=O) groups is 1. The number of halogens is 1. The lowest BCUT2D eigenvalue weighted by Crippen LogP contribution is -2.35. The van der Waals surface area contributed by atoms with Gasteiger partial charge in [0.15, 0.2) is 0 Å². The van der Waals surface area contributed by atoms with Gasteiger partial charge in [0.2, 0.25) is 0 Å². The molecule has 1 N–H and O–H groups in total. The Morgan fingerprint density at radius 2 is 1.80 bits per heavy atom. The molecule has 2 aromatic rings. The van der Waals surface area contributed by atoms with Crippen LogP contribution in [0.3, 0.4) is 0 Å². The van der Waals surface area contributed by atoms with Crippen LogP contribution in [0.1, 0.15) is 73.4 Å². The van der Waals surface area contributed by atoms with Crippen molar-refractivity contribution in [1.82, 2.24) is 4.90 Å². The predicted octanol–water partition coefficient (Wildman–Crippen LogP) is 5.06. The van der Waals surface area contributed by atoms with Gasteiger partial charge in [-0.15, -0.1) is 0 Å². The minimum Gasteiger partial charge on any atom is -0.481 e. The number of benzene rings is 2. The maximum Gasteiger partial charge on any atom is 0.307 e. The summed E-state index contributed by atoms with van der Waals surface area (Å²) in [4.78, 5) is 13.3. The molecule has 0 heterocycles. The molecule has 0 aliphatic heterocycles. The van der Waals surface area contributed by atoms with Gasteiger partial charge in [-0.25, -0.2) is 4.39 Å². The number of hydrogen-bond donors (Lipinski definition) is 1. The van der Waals surface area contributed by atoms with Crippen LogP contribution >= 0.6 is 0 Å². The summed E-state index contributed by atoms with van der Waals surface area (Å²) in [6.07, 6.45) is 4.61. The lowest BCUT2D eigenvalue weighted by molar-refractivity contribution is -0.136. The minimum absolute atomic E-state index is 0.110. The molecule has 1 unspecified atom stereocenters. The first-order valence-corrected chi connectivity index (χ1v) is 10.6. The predicted molar refractivity (Wildman–Crippen MR) is 116 cm³/mol. The molecule has 1 fully saturated rings. The number of aliphatic carboxylic acids is 1. The van der Waals surface area contributed by atoms with Crippen molar-refractivity contribution in [3.63, 3.8) is 0 Å². The molecule has 0 amide bonds. The Balaban J connectivity index is 1.61. The highest BCUT2D eigenvalue weighted by atomic mass is 19.1.